The molecule has 0 amide bonds. The molecule has 0 aliphatic heterocycles. The minimum absolute atomic E-state index is 0.0722. The van der Waals surface area contributed by atoms with Crippen LogP contribution in [0.1, 0.15) is 25.0 Å². The molecule has 19 heavy (non-hydrogen) atoms. The van der Waals surface area contributed by atoms with Gasteiger partial charge in [-0.25, -0.2) is 4.98 Å². The van der Waals surface area contributed by atoms with Crippen LogP contribution in [-0.2, 0) is 6.54 Å². The van der Waals surface area contributed by atoms with Crippen LogP contribution < -0.4 is 0 Å². The highest BCUT2D eigenvalue weighted by Gasteiger charge is 2.15. The molecule has 1 aromatic carbocycles. The average molecular weight is 392 g/mol. The van der Waals surface area contributed by atoms with Crippen LogP contribution in [-0.4, -0.2) is 34.6 Å². The van der Waals surface area contributed by atoms with Crippen LogP contribution in [0.25, 0.3) is 11.0 Å². The van der Waals surface area contributed by atoms with Crippen LogP contribution in [0.5, 0.6) is 0 Å². The van der Waals surface area contributed by atoms with Crippen molar-refractivity contribution in [3.05, 3.63) is 27.6 Å². The van der Waals surface area contributed by atoms with Crippen LogP contribution in [0, 0.1) is 3.57 Å². The summed E-state index contributed by atoms with van der Waals surface area (Å²) in [5.41, 5.74) is 2.21. The van der Waals surface area contributed by atoms with Gasteiger partial charge in [0.05, 0.1) is 16.4 Å². The first-order chi connectivity index (χ1) is 9.02. The lowest BCUT2D eigenvalue weighted by molar-refractivity contribution is 0.335. The minimum Gasteiger partial charge on any atom is -0.325 e. The van der Waals surface area contributed by atoms with Gasteiger partial charge in [-0.05, 0) is 61.3 Å². The third-order valence-electron chi connectivity index (χ3n) is 3.34. The number of benzene rings is 1. The van der Waals surface area contributed by atoms with Crippen molar-refractivity contribution >= 4 is 45.2 Å². The lowest BCUT2D eigenvalue weighted by Gasteiger charge is -2.16. The number of imidazole rings is 1. The van der Waals surface area contributed by atoms with E-state index < -0.39 is 0 Å². The Morgan fingerprint density at radius 2 is 2.21 bits per heavy atom. The minimum atomic E-state index is -0.0722. The topological polar surface area (TPSA) is 21.1 Å². The molecule has 0 fully saturated rings. The Labute approximate surface area is 133 Å². The van der Waals surface area contributed by atoms with E-state index in [-0.39, 0.29) is 5.38 Å². The van der Waals surface area contributed by atoms with Gasteiger partial charge in [0.25, 0.3) is 0 Å². The molecular weight excluding hydrogens is 373 g/mol. The maximum absolute atomic E-state index is 6.27. The third-order valence-corrected chi connectivity index (χ3v) is 4.21. The Bertz CT molecular complexity index is 565. The summed E-state index contributed by atoms with van der Waals surface area (Å²) in [6, 6.07) is 6.37. The Balaban J connectivity index is 2.40. The SMILES string of the molecule is CCN(C)CCn1c(C(C)Cl)nc2cc(I)ccc21. The zero-order chi connectivity index (χ0) is 14.0. The van der Waals surface area contributed by atoms with E-state index in [2.05, 4.69) is 69.2 Å². The van der Waals surface area contributed by atoms with Crippen molar-refractivity contribution < 1.29 is 0 Å². The predicted molar refractivity (Wildman–Crippen MR) is 89.9 cm³/mol. The Morgan fingerprint density at radius 3 is 2.84 bits per heavy atom. The van der Waals surface area contributed by atoms with Crippen LogP contribution >= 0.6 is 34.2 Å². The molecule has 0 N–H and O–H groups in total. The first-order valence-electron chi connectivity index (χ1n) is 6.51. The molecule has 3 nitrogen and oxygen atoms in total. The number of hydrogen-bond acceptors (Lipinski definition) is 2. The molecule has 0 aliphatic carbocycles. The number of halogens is 2. The van der Waals surface area contributed by atoms with Crippen molar-refractivity contribution in [1.82, 2.24) is 14.5 Å². The Kier molecular flexibility index (Phi) is 5.09. The highest BCUT2D eigenvalue weighted by atomic mass is 127. The molecule has 1 aromatic heterocycles. The summed E-state index contributed by atoms with van der Waals surface area (Å²) in [4.78, 5) is 6.98. The number of fused-ring (bicyclic) bond motifs is 1. The molecule has 0 radical (unpaired) electrons. The number of rotatable bonds is 5. The standard InChI is InChI=1S/C14H19ClIN3/c1-4-18(3)7-8-19-13-6-5-11(16)9-12(13)17-14(19)10(2)15/h5-6,9-10H,4,7-8H2,1-3H3. The number of nitrogens with zero attached hydrogens (tertiary/aromatic N) is 3. The van der Waals surface area contributed by atoms with Crippen LogP contribution in [0.15, 0.2) is 18.2 Å². The fourth-order valence-electron chi connectivity index (χ4n) is 2.09. The lowest BCUT2D eigenvalue weighted by Crippen LogP contribution is -2.23. The van der Waals surface area contributed by atoms with E-state index in [9.17, 15) is 0 Å². The third kappa shape index (κ3) is 3.41. The van der Waals surface area contributed by atoms with Crippen molar-refractivity contribution in [2.75, 3.05) is 20.1 Å². The maximum atomic E-state index is 6.27. The second-order valence-electron chi connectivity index (χ2n) is 4.77. The van der Waals surface area contributed by atoms with E-state index in [1.807, 2.05) is 6.92 Å². The predicted octanol–water partition coefficient (Wildman–Crippen LogP) is 3.89. The molecule has 0 saturated heterocycles. The van der Waals surface area contributed by atoms with E-state index in [1.165, 1.54) is 9.09 Å². The van der Waals surface area contributed by atoms with E-state index in [0.29, 0.717) is 0 Å². The first-order valence-corrected chi connectivity index (χ1v) is 8.02. The molecule has 0 aliphatic rings. The molecule has 2 rings (SSSR count). The van der Waals surface area contributed by atoms with Gasteiger partial charge in [-0.1, -0.05) is 6.92 Å². The van der Waals surface area contributed by atoms with E-state index in [0.717, 1.165) is 31.0 Å². The normalized spacial score (nSPS) is 13.4. The zero-order valence-corrected chi connectivity index (χ0v) is 14.4. The monoisotopic (exact) mass is 391 g/mol. The van der Waals surface area contributed by atoms with Crippen LogP contribution in [0.3, 0.4) is 0 Å². The summed E-state index contributed by atoms with van der Waals surface area (Å²) in [6.45, 7) is 7.13. The van der Waals surface area contributed by atoms with Crippen molar-refractivity contribution in [3.63, 3.8) is 0 Å². The summed E-state index contributed by atoms with van der Waals surface area (Å²) >= 11 is 8.58. The molecule has 5 heteroatoms. The van der Waals surface area contributed by atoms with Gasteiger partial charge >= 0.3 is 0 Å². The van der Waals surface area contributed by atoms with Gasteiger partial charge in [-0.3, -0.25) is 0 Å². The van der Waals surface area contributed by atoms with Gasteiger partial charge in [0.15, 0.2) is 0 Å². The fourth-order valence-corrected chi connectivity index (χ4v) is 2.73. The second-order valence-corrected chi connectivity index (χ2v) is 6.67. The van der Waals surface area contributed by atoms with Crippen molar-refractivity contribution in [1.29, 1.82) is 0 Å². The molecule has 0 saturated carbocycles. The van der Waals surface area contributed by atoms with E-state index in [4.69, 9.17) is 11.6 Å². The van der Waals surface area contributed by atoms with Gasteiger partial charge < -0.3 is 9.47 Å². The number of hydrogen-bond donors (Lipinski definition) is 0. The van der Waals surface area contributed by atoms with E-state index >= 15 is 0 Å². The molecule has 104 valence electrons. The number of likely N-dealkylation sites (N-methyl/N-ethyl adjacent to an activating group) is 1. The Morgan fingerprint density at radius 1 is 1.47 bits per heavy atom. The average Bonchev–Trinajstić information content (AvgIpc) is 2.73. The zero-order valence-electron chi connectivity index (χ0n) is 11.5. The van der Waals surface area contributed by atoms with Crippen molar-refractivity contribution in [3.8, 4) is 0 Å². The summed E-state index contributed by atoms with van der Waals surface area (Å²) in [6.07, 6.45) is 0. The maximum Gasteiger partial charge on any atom is 0.127 e. The summed E-state index contributed by atoms with van der Waals surface area (Å²) < 4.78 is 3.45. The summed E-state index contributed by atoms with van der Waals surface area (Å²) in [5.74, 6) is 0.961. The van der Waals surface area contributed by atoms with Crippen LogP contribution in [0.4, 0.5) is 0 Å². The molecule has 0 spiro atoms. The highest BCUT2D eigenvalue weighted by molar-refractivity contribution is 14.1. The molecule has 0 bridgehead atoms. The molecule has 1 unspecified atom stereocenters. The van der Waals surface area contributed by atoms with Gasteiger partial charge in [0, 0.05) is 16.7 Å². The quantitative estimate of drug-likeness (QED) is 0.569. The first kappa shape index (κ1) is 15.1. The Hall–Kier alpha value is -0.330. The van der Waals surface area contributed by atoms with Crippen LogP contribution in [0.2, 0.25) is 0 Å². The molecular formula is C14H19ClIN3. The van der Waals surface area contributed by atoms with Gasteiger partial charge in [0.2, 0.25) is 0 Å². The molecule has 1 atom stereocenters. The largest absolute Gasteiger partial charge is 0.325 e. The smallest absolute Gasteiger partial charge is 0.127 e. The van der Waals surface area contributed by atoms with E-state index in [1.54, 1.807) is 0 Å². The summed E-state index contributed by atoms with van der Waals surface area (Å²) in [7, 11) is 2.13. The lowest BCUT2D eigenvalue weighted by atomic mass is 10.3. The van der Waals surface area contributed by atoms with Gasteiger partial charge in [-0.2, -0.15) is 0 Å². The van der Waals surface area contributed by atoms with Crippen molar-refractivity contribution in [2.45, 2.75) is 25.8 Å². The fraction of sp³-hybridized carbons (Fsp3) is 0.500. The second kappa shape index (κ2) is 6.41. The van der Waals surface area contributed by atoms with Gasteiger partial charge in [-0.15, -0.1) is 11.6 Å². The number of aromatic nitrogens is 2. The summed E-state index contributed by atoms with van der Waals surface area (Å²) in [5, 5.41) is -0.0722. The molecule has 1 heterocycles. The highest BCUT2D eigenvalue weighted by Crippen LogP contribution is 2.25. The van der Waals surface area contributed by atoms with Gasteiger partial charge in [0.1, 0.15) is 5.82 Å². The molecule has 2 aromatic rings. The van der Waals surface area contributed by atoms with Crippen molar-refractivity contribution in [2.24, 2.45) is 0 Å². The number of alkyl halides is 1.